The highest BCUT2D eigenvalue weighted by Gasteiger charge is 2.28. The van der Waals surface area contributed by atoms with Gasteiger partial charge in [0.25, 0.3) is 0 Å². The van der Waals surface area contributed by atoms with Gasteiger partial charge in [0.15, 0.2) is 0 Å². The van der Waals surface area contributed by atoms with Crippen molar-refractivity contribution in [2.24, 2.45) is 0 Å². The quantitative estimate of drug-likeness (QED) is 0.669. The zero-order chi connectivity index (χ0) is 17.4. The molecule has 0 atom stereocenters. The number of hydrogen-bond donors (Lipinski definition) is 3. The second-order valence-electron chi connectivity index (χ2n) is 6.70. The van der Waals surface area contributed by atoms with Gasteiger partial charge in [-0.15, -0.1) is 0 Å². The highest BCUT2D eigenvalue weighted by Crippen LogP contribution is 2.25. The summed E-state index contributed by atoms with van der Waals surface area (Å²) in [6.45, 7) is 3.32. The second kappa shape index (κ2) is 9.52. The highest BCUT2D eigenvalue weighted by atomic mass is 16.3. The fourth-order valence-corrected chi connectivity index (χ4v) is 3.26. The Morgan fingerprint density at radius 3 is 2.67 bits per heavy atom. The first-order valence-electron chi connectivity index (χ1n) is 9.10. The molecule has 0 heterocycles. The van der Waals surface area contributed by atoms with Crippen molar-refractivity contribution in [3.05, 3.63) is 29.8 Å². The third kappa shape index (κ3) is 5.71. The molecular weight excluding hydrogens is 304 g/mol. The van der Waals surface area contributed by atoms with Gasteiger partial charge in [-0.05, 0) is 49.8 Å². The first-order chi connectivity index (χ1) is 11.6. The predicted molar refractivity (Wildman–Crippen MR) is 94.8 cm³/mol. The monoisotopic (exact) mass is 334 g/mol. The van der Waals surface area contributed by atoms with E-state index in [1.807, 2.05) is 11.0 Å². The molecule has 5 heteroatoms. The molecule has 24 heavy (non-hydrogen) atoms. The van der Waals surface area contributed by atoms with E-state index in [-0.39, 0.29) is 23.9 Å². The number of aliphatic hydroxyl groups excluding tert-OH is 1. The summed E-state index contributed by atoms with van der Waals surface area (Å²) in [5.41, 5.74) is 0.921. The summed E-state index contributed by atoms with van der Waals surface area (Å²) < 4.78 is 0. The minimum atomic E-state index is -0.239. The Hall–Kier alpha value is -1.75. The van der Waals surface area contributed by atoms with E-state index >= 15 is 0 Å². The first kappa shape index (κ1) is 18.6. The van der Waals surface area contributed by atoms with Gasteiger partial charge >= 0.3 is 6.03 Å². The topological polar surface area (TPSA) is 72.8 Å². The Balaban J connectivity index is 2.01. The number of carbonyl (C=O) groups is 1. The molecule has 2 amide bonds. The molecule has 1 saturated carbocycles. The largest absolute Gasteiger partial charge is 0.508 e. The normalized spacial score (nSPS) is 20.6. The van der Waals surface area contributed by atoms with Crippen LogP contribution in [0.5, 0.6) is 5.75 Å². The summed E-state index contributed by atoms with van der Waals surface area (Å²) in [6.07, 6.45) is 6.12. The van der Waals surface area contributed by atoms with Crippen molar-refractivity contribution in [3.8, 4) is 5.75 Å². The summed E-state index contributed by atoms with van der Waals surface area (Å²) in [5.74, 6) is 0.217. The summed E-state index contributed by atoms with van der Waals surface area (Å²) in [7, 11) is 0. The van der Waals surface area contributed by atoms with Crippen molar-refractivity contribution < 1.29 is 15.0 Å². The number of unbranched alkanes of at least 4 members (excludes halogenated alkanes) is 2. The summed E-state index contributed by atoms with van der Waals surface area (Å²) in [6, 6.07) is 7.16. The Kier molecular flexibility index (Phi) is 7.37. The Bertz CT molecular complexity index is 513. The highest BCUT2D eigenvalue weighted by molar-refractivity contribution is 5.74. The number of amides is 2. The van der Waals surface area contributed by atoms with E-state index in [0.29, 0.717) is 13.1 Å². The predicted octanol–water partition coefficient (Wildman–Crippen LogP) is 3.40. The Morgan fingerprint density at radius 1 is 1.25 bits per heavy atom. The number of carbonyl (C=O) groups excluding carboxylic acids is 1. The number of phenolic OH excluding ortho intramolecular Hbond substituents is 1. The third-order valence-electron chi connectivity index (χ3n) is 4.69. The zero-order valence-electron chi connectivity index (χ0n) is 14.6. The van der Waals surface area contributed by atoms with Crippen LogP contribution in [-0.2, 0) is 6.54 Å². The molecule has 1 aromatic carbocycles. The molecule has 0 saturated heterocycles. The van der Waals surface area contributed by atoms with E-state index in [4.69, 9.17) is 0 Å². The van der Waals surface area contributed by atoms with E-state index in [9.17, 15) is 15.0 Å². The van der Waals surface area contributed by atoms with Crippen LogP contribution in [0.3, 0.4) is 0 Å². The maximum absolute atomic E-state index is 12.7. The molecule has 5 nitrogen and oxygen atoms in total. The number of rotatable bonds is 7. The number of aliphatic hydroxyl groups is 1. The number of nitrogens with one attached hydrogen (secondary N) is 1. The smallest absolute Gasteiger partial charge is 0.317 e. The van der Waals surface area contributed by atoms with Gasteiger partial charge in [-0.3, -0.25) is 0 Å². The van der Waals surface area contributed by atoms with Crippen LogP contribution in [0.15, 0.2) is 24.3 Å². The number of phenols is 1. The van der Waals surface area contributed by atoms with Crippen LogP contribution in [-0.4, -0.2) is 39.8 Å². The number of aromatic hydroxyl groups is 1. The molecule has 3 N–H and O–H groups in total. The van der Waals surface area contributed by atoms with E-state index in [0.717, 1.165) is 50.5 Å². The molecule has 0 radical (unpaired) electrons. The summed E-state index contributed by atoms with van der Waals surface area (Å²) >= 11 is 0. The van der Waals surface area contributed by atoms with Gasteiger partial charge in [0.1, 0.15) is 5.75 Å². The lowest BCUT2D eigenvalue weighted by Crippen LogP contribution is -2.47. The number of benzene rings is 1. The van der Waals surface area contributed by atoms with Gasteiger partial charge in [0.05, 0.1) is 6.10 Å². The van der Waals surface area contributed by atoms with Crippen LogP contribution in [0.4, 0.5) is 4.79 Å². The molecule has 0 unspecified atom stereocenters. The molecular formula is C19H30N2O3. The van der Waals surface area contributed by atoms with Gasteiger partial charge in [-0.2, -0.15) is 0 Å². The van der Waals surface area contributed by atoms with Gasteiger partial charge < -0.3 is 20.4 Å². The van der Waals surface area contributed by atoms with Gasteiger partial charge in [0, 0.05) is 19.1 Å². The van der Waals surface area contributed by atoms with Crippen LogP contribution in [0.2, 0.25) is 0 Å². The molecule has 1 aliphatic rings. The second-order valence-corrected chi connectivity index (χ2v) is 6.70. The molecule has 1 aromatic rings. The van der Waals surface area contributed by atoms with Crippen molar-refractivity contribution in [1.82, 2.24) is 10.2 Å². The third-order valence-corrected chi connectivity index (χ3v) is 4.69. The molecule has 2 rings (SSSR count). The average molecular weight is 334 g/mol. The maximum Gasteiger partial charge on any atom is 0.317 e. The van der Waals surface area contributed by atoms with Crippen LogP contribution in [0.1, 0.15) is 57.4 Å². The fraction of sp³-hybridized carbons (Fsp3) is 0.632. The molecule has 0 aliphatic heterocycles. The van der Waals surface area contributed by atoms with Crippen molar-refractivity contribution in [1.29, 1.82) is 0 Å². The number of hydrogen-bond acceptors (Lipinski definition) is 3. The lowest BCUT2D eigenvalue weighted by atomic mass is 9.92. The molecule has 0 aromatic heterocycles. The van der Waals surface area contributed by atoms with Crippen LogP contribution in [0, 0.1) is 0 Å². The Labute approximate surface area is 144 Å². The Morgan fingerprint density at radius 2 is 2.00 bits per heavy atom. The van der Waals surface area contributed by atoms with Gasteiger partial charge in [0.2, 0.25) is 0 Å². The zero-order valence-corrected chi connectivity index (χ0v) is 14.6. The molecule has 1 fully saturated rings. The number of urea groups is 1. The van der Waals surface area contributed by atoms with Crippen molar-refractivity contribution in [2.45, 2.75) is 70.6 Å². The van der Waals surface area contributed by atoms with E-state index in [1.54, 1.807) is 18.2 Å². The molecule has 0 spiro atoms. The maximum atomic E-state index is 12.7. The average Bonchev–Trinajstić information content (AvgIpc) is 2.57. The lowest BCUT2D eigenvalue weighted by molar-refractivity contribution is 0.0818. The molecule has 1 aliphatic carbocycles. The van der Waals surface area contributed by atoms with Crippen LogP contribution in [0.25, 0.3) is 0 Å². The minimum Gasteiger partial charge on any atom is -0.508 e. The van der Waals surface area contributed by atoms with Crippen LogP contribution >= 0.6 is 0 Å². The summed E-state index contributed by atoms with van der Waals surface area (Å²) in [4.78, 5) is 14.5. The van der Waals surface area contributed by atoms with E-state index in [2.05, 4.69) is 12.2 Å². The van der Waals surface area contributed by atoms with Crippen molar-refractivity contribution >= 4 is 6.03 Å². The number of nitrogens with zero attached hydrogens (tertiary/aromatic N) is 1. The van der Waals surface area contributed by atoms with Crippen LogP contribution < -0.4 is 5.32 Å². The van der Waals surface area contributed by atoms with Gasteiger partial charge in [-0.25, -0.2) is 4.79 Å². The minimum absolute atomic E-state index is 0.0455. The molecule has 0 bridgehead atoms. The SMILES string of the molecule is CCCCCNC(=O)N(Cc1cccc(O)c1)C1CCC(O)CC1. The lowest BCUT2D eigenvalue weighted by Gasteiger charge is -2.36. The standard InChI is InChI=1S/C19H30N2O3/c1-2-3-4-12-20-19(24)21(16-8-10-17(22)11-9-16)14-15-6-5-7-18(23)13-15/h5-7,13,16-17,22-23H,2-4,8-12,14H2,1H3,(H,20,24). The van der Waals surface area contributed by atoms with Crippen molar-refractivity contribution in [2.75, 3.05) is 6.54 Å². The first-order valence-corrected chi connectivity index (χ1v) is 9.10. The summed E-state index contributed by atoms with van der Waals surface area (Å²) in [5, 5.41) is 22.4. The van der Waals surface area contributed by atoms with Gasteiger partial charge in [-0.1, -0.05) is 31.9 Å². The molecule has 134 valence electrons. The van der Waals surface area contributed by atoms with Crippen molar-refractivity contribution in [3.63, 3.8) is 0 Å². The van der Waals surface area contributed by atoms with E-state index in [1.165, 1.54) is 0 Å². The van der Waals surface area contributed by atoms with E-state index < -0.39 is 0 Å². The fourth-order valence-electron chi connectivity index (χ4n) is 3.26.